The first kappa shape index (κ1) is 13.4. The summed E-state index contributed by atoms with van der Waals surface area (Å²) in [6, 6.07) is 0. The zero-order valence-electron chi connectivity index (χ0n) is 8.61. The Labute approximate surface area is 84.3 Å². The van der Waals surface area contributed by atoms with Crippen LogP contribution < -0.4 is 0 Å². The van der Waals surface area contributed by atoms with Crippen LogP contribution in [-0.4, -0.2) is 61.0 Å². The van der Waals surface area contributed by atoms with Gasteiger partial charge in [-0.1, -0.05) is 0 Å². The number of unbranched alkanes of at least 4 members (excludes halogenated alkanes) is 1. The molecule has 0 aromatic rings. The molecular formula is C9H19NO4. The van der Waals surface area contributed by atoms with Gasteiger partial charge in [0.25, 0.3) is 0 Å². The van der Waals surface area contributed by atoms with E-state index in [0.717, 1.165) is 6.42 Å². The second kappa shape index (κ2) is 8.93. The van der Waals surface area contributed by atoms with Gasteiger partial charge in [-0.2, -0.15) is 0 Å². The fraction of sp³-hybridized carbons (Fsp3) is 0.889. The predicted molar refractivity (Wildman–Crippen MR) is 52.3 cm³/mol. The lowest BCUT2D eigenvalue weighted by atomic mass is 10.3. The normalized spacial score (nSPS) is 10.8. The van der Waals surface area contributed by atoms with Crippen LogP contribution in [0.2, 0.25) is 0 Å². The summed E-state index contributed by atoms with van der Waals surface area (Å²) in [6.45, 7) is 2.04. The van der Waals surface area contributed by atoms with Crippen molar-refractivity contribution in [3.8, 4) is 0 Å². The average Bonchev–Trinajstić information content (AvgIpc) is 2.13. The second-order valence-corrected chi connectivity index (χ2v) is 3.09. The van der Waals surface area contributed by atoms with Gasteiger partial charge in [-0.25, -0.2) is 0 Å². The van der Waals surface area contributed by atoms with Gasteiger partial charge in [0, 0.05) is 20.3 Å². The Morgan fingerprint density at radius 2 is 2.07 bits per heavy atom. The zero-order chi connectivity index (χ0) is 10.8. The van der Waals surface area contributed by atoms with Crippen LogP contribution in [0.15, 0.2) is 0 Å². The van der Waals surface area contributed by atoms with E-state index in [-0.39, 0.29) is 13.2 Å². The first-order chi connectivity index (χ1) is 6.70. The summed E-state index contributed by atoms with van der Waals surface area (Å²) >= 11 is 0. The molecule has 0 bridgehead atoms. The molecule has 0 aliphatic rings. The quantitative estimate of drug-likeness (QED) is 0.510. The van der Waals surface area contributed by atoms with Crippen molar-refractivity contribution in [2.75, 3.05) is 40.0 Å². The van der Waals surface area contributed by atoms with Gasteiger partial charge in [0.15, 0.2) is 0 Å². The highest BCUT2D eigenvalue weighted by atomic mass is 16.5. The molecule has 5 nitrogen and oxygen atoms in total. The molecule has 0 aliphatic heterocycles. The molecule has 0 aliphatic carbocycles. The lowest BCUT2D eigenvalue weighted by Crippen LogP contribution is -2.33. The van der Waals surface area contributed by atoms with Crippen molar-refractivity contribution in [2.24, 2.45) is 0 Å². The molecule has 0 rings (SSSR count). The topological polar surface area (TPSA) is 70.0 Å². The highest BCUT2D eigenvalue weighted by molar-refractivity contribution is 5.69. The minimum absolute atomic E-state index is 0.0365. The number of carbonyl (C=O) groups is 1. The molecule has 0 atom stereocenters. The fourth-order valence-corrected chi connectivity index (χ4v) is 1.13. The van der Waals surface area contributed by atoms with Gasteiger partial charge >= 0.3 is 5.97 Å². The molecule has 0 saturated carbocycles. The third kappa shape index (κ3) is 7.97. The van der Waals surface area contributed by atoms with E-state index in [1.807, 2.05) is 4.90 Å². The Bertz CT molecular complexity index is 152. The molecule has 84 valence electrons. The first-order valence-electron chi connectivity index (χ1n) is 4.74. The molecule has 0 fully saturated rings. The van der Waals surface area contributed by atoms with Crippen molar-refractivity contribution >= 4 is 5.97 Å². The van der Waals surface area contributed by atoms with E-state index in [2.05, 4.69) is 0 Å². The molecule has 2 N–H and O–H groups in total. The summed E-state index contributed by atoms with van der Waals surface area (Å²) < 4.78 is 4.88. The molecule has 0 heterocycles. The van der Waals surface area contributed by atoms with E-state index in [1.54, 1.807) is 7.11 Å². The van der Waals surface area contributed by atoms with Crippen LogP contribution in [0.4, 0.5) is 0 Å². The Hall–Kier alpha value is -0.650. The van der Waals surface area contributed by atoms with Gasteiger partial charge in [0.2, 0.25) is 0 Å². The van der Waals surface area contributed by atoms with E-state index < -0.39 is 5.97 Å². The lowest BCUT2D eigenvalue weighted by molar-refractivity contribution is -0.138. The SMILES string of the molecule is COCCN(CCCCO)CC(=O)O. The molecule has 0 spiro atoms. The van der Waals surface area contributed by atoms with Crippen molar-refractivity contribution in [1.82, 2.24) is 4.90 Å². The van der Waals surface area contributed by atoms with Gasteiger partial charge in [0.05, 0.1) is 13.2 Å². The molecule has 5 heteroatoms. The first-order valence-corrected chi connectivity index (χ1v) is 4.74. The standard InChI is InChI=1S/C9H19NO4/c1-14-7-5-10(8-9(12)13)4-2-3-6-11/h11H,2-8H2,1H3,(H,12,13). The number of hydrogen-bond donors (Lipinski definition) is 2. The Balaban J connectivity index is 3.66. The minimum atomic E-state index is -0.829. The molecule has 0 amide bonds. The summed E-state index contributed by atoms with van der Waals surface area (Å²) in [5.74, 6) is -0.829. The maximum Gasteiger partial charge on any atom is 0.317 e. The van der Waals surface area contributed by atoms with Gasteiger partial charge in [0.1, 0.15) is 0 Å². The van der Waals surface area contributed by atoms with Crippen LogP contribution in [0.3, 0.4) is 0 Å². The smallest absolute Gasteiger partial charge is 0.317 e. The van der Waals surface area contributed by atoms with Crippen LogP contribution >= 0.6 is 0 Å². The summed E-state index contributed by atoms with van der Waals surface area (Å²) in [4.78, 5) is 12.3. The maximum absolute atomic E-state index is 10.5. The Morgan fingerprint density at radius 3 is 2.57 bits per heavy atom. The van der Waals surface area contributed by atoms with Crippen LogP contribution in [0.1, 0.15) is 12.8 Å². The third-order valence-corrected chi connectivity index (χ3v) is 1.85. The summed E-state index contributed by atoms with van der Waals surface area (Å²) in [7, 11) is 1.59. The number of ether oxygens (including phenoxy) is 1. The minimum Gasteiger partial charge on any atom is -0.480 e. The van der Waals surface area contributed by atoms with Crippen molar-refractivity contribution in [1.29, 1.82) is 0 Å². The van der Waals surface area contributed by atoms with E-state index >= 15 is 0 Å². The van der Waals surface area contributed by atoms with Crippen molar-refractivity contribution < 1.29 is 19.7 Å². The molecule has 0 saturated heterocycles. The van der Waals surface area contributed by atoms with Gasteiger partial charge in [-0.15, -0.1) is 0 Å². The van der Waals surface area contributed by atoms with Crippen molar-refractivity contribution in [3.05, 3.63) is 0 Å². The van der Waals surface area contributed by atoms with E-state index in [9.17, 15) is 4.79 Å². The van der Waals surface area contributed by atoms with E-state index in [4.69, 9.17) is 14.9 Å². The number of carboxylic acids is 1. The molecule has 0 aromatic carbocycles. The third-order valence-electron chi connectivity index (χ3n) is 1.85. The number of hydrogen-bond acceptors (Lipinski definition) is 4. The molecular weight excluding hydrogens is 186 g/mol. The molecule has 0 aromatic heterocycles. The number of carboxylic acid groups (broad SMARTS) is 1. The fourth-order valence-electron chi connectivity index (χ4n) is 1.13. The van der Waals surface area contributed by atoms with Crippen LogP contribution in [0, 0.1) is 0 Å². The van der Waals surface area contributed by atoms with Gasteiger partial charge in [-0.3, -0.25) is 9.69 Å². The summed E-state index contributed by atoms with van der Waals surface area (Å²) in [5, 5.41) is 17.2. The zero-order valence-corrected chi connectivity index (χ0v) is 8.61. The highest BCUT2D eigenvalue weighted by Gasteiger charge is 2.08. The van der Waals surface area contributed by atoms with Crippen molar-refractivity contribution in [3.63, 3.8) is 0 Å². The largest absolute Gasteiger partial charge is 0.480 e. The van der Waals surface area contributed by atoms with Crippen LogP contribution in [0.25, 0.3) is 0 Å². The monoisotopic (exact) mass is 205 g/mol. The number of aliphatic hydroxyl groups excluding tert-OH is 1. The Morgan fingerprint density at radius 1 is 1.36 bits per heavy atom. The maximum atomic E-state index is 10.5. The van der Waals surface area contributed by atoms with Crippen LogP contribution in [0.5, 0.6) is 0 Å². The number of nitrogens with zero attached hydrogens (tertiary/aromatic N) is 1. The van der Waals surface area contributed by atoms with Gasteiger partial charge < -0.3 is 14.9 Å². The van der Waals surface area contributed by atoms with Gasteiger partial charge in [-0.05, 0) is 19.4 Å². The molecule has 0 unspecified atom stereocenters. The lowest BCUT2D eigenvalue weighted by Gasteiger charge is -2.19. The number of aliphatic hydroxyl groups is 1. The molecule has 0 radical (unpaired) electrons. The van der Waals surface area contributed by atoms with Crippen molar-refractivity contribution in [2.45, 2.75) is 12.8 Å². The second-order valence-electron chi connectivity index (χ2n) is 3.09. The number of rotatable bonds is 9. The van der Waals surface area contributed by atoms with E-state index in [1.165, 1.54) is 0 Å². The summed E-state index contributed by atoms with van der Waals surface area (Å²) in [6.07, 6.45) is 1.52. The Kier molecular flexibility index (Phi) is 8.51. The highest BCUT2D eigenvalue weighted by Crippen LogP contribution is 1.95. The van der Waals surface area contributed by atoms with Crippen LogP contribution in [-0.2, 0) is 9.53 Å². The van der Waals surface area contributed by atoms with E-state index in [0.29, 0.717) is 26.1 Å². The number of methoxy groups -OCH3 is 1. The predicted octanol–water partition coefficient (Wildman–Crippen LogP) is -0.208. The summed E-state index contributed by atoms with van der Waals surface area (Å²) in [5.41, 5.74) is 0. The molecule has 14 heavy (non-hydrogen) atoms. The number of aliphatic carboxylic acids is 1. The average molecular weight is 205 g/mol.